The Labute approximate surface area is 166 Å². The lowest BCUT2D eigenvalue weighted by Crippen LogP contribution is -2.38. The van der Waals surface area contributed by atoms with E-state index in [4.69, 9.17) is 10.00 Å². The van der Waals surface area contributed by atoms with Crippen molar-refractivity contribution in [1.29, 1.82) is 5.26 Å². The van der Waals surface area contributed by atoms with Gasteiger partial charge >= 0.3 is 0 Å². The average molecular weight is 383 g/mol. The number of benzene rings is 2. The Kier molecular flexibility index (Phi) is 7.68. The topological polar surface area (TPSA) is 97.5 Å². The predicted molar refractivity (Wildman–Crippen MR) is 110 cm³/mol. The molecule has 4 N–H and O–H groups in total. The van der Waals surface area contributed by atoms with Crippen molar-refractivity contribution in [3.63, 3.8) is 0 Å². The number of rotatable bonds is 9. The predicted octanol–water partition coefficient (Wildman–Crippen LogP) is 3.72. The van der Waals surface area contributed by atoms with Gasteiger partial charge in [0.2, 0.25) is 0 Å². The molecular weight excluding hydrogens is 354 g/mol. The molecule has 0 aromatic heterocycles. The van der Waals surface area contributed by atoms with E-state index in [1.54, 1.807) is 18.2 Å². The van der Waals surface area contributed by atoms with Gasteiger partial charge in [0.05, 0.1) is 24.3 Å². The molecule has 0 saturated carbocycles. The van der Waals surface area contributed by atoms with E-state index in [1.807, 2.05) is 51.1 Å². The Morgan fingerprint density at radius 2 is 1.86 bits per heavy atom. The first-order chi connectivity index (χ1) is 13.3. The second kappa shape index (κ2) is 9.98. The number of hydrogen-bond donors (Lipinski definition) is 4. The standard InChI is InChI=1S/C22H29N3O3/c1-22(2,3)25-15-21(27)17-7-10-20(26)19(13-17)24-14-16-5-8-18(9-6-16)28-12-4-11-23/h5-10,13,21,24-27H,4,12,14-15H2,1-3H3. The zero-order valence-corrected chi connectivity index (χ0v) is 16.7. The quantitative estimate of drug-likeness (QED) is 0.389. The smallest absolute Gasteiger partial charge is 0.138 e. The molecule has 2 rings (SSSR count). The zero-order chi connectivity index (χ0) is 20.6. The molecule has 2 aromatic carbocycles. The molecule has 2 aromatic rings. The summed E-state index contributed by atoms with van der Waals surface area (Å²) < 4.78 is 5.46. The summed E-state index contributed by atoms with van der Waals surface area (Å²) in [5.41, 5.74) is 2.25. The number of aliphatic hydroxyl groups excluding tert-OH is 1. The summed E-state index contributed by atoms with van der Waals surface area (Å²) >= 11 is 0. The fourth-order valence-electron chi connectivity index (χ4n) is 2.54. The number of nitrogens with zero attached hydrogens (tertiary/aromatic N) is 1. The van der Waals surface area contributed by atoms with Crippen LogP contribution in [0.4, 0.5) is 5.69 Å². The summed E-state index contributed by atoms with van der Waals surface area (Å²) in [5, 5.41) is 35.5. The van der Waals surface area contributed by atoms with Crippen LogP contribution >= 0.6 is 0 Å². The first kappa shape index (κ1) is 21.5. The highest BCUT2D eigenvalue weighted by atomic mass is 16.5. The fraction of sp³-hybridized carbons (Fsp3) is 0.409. The monoisotopic (exact) mass is 383 g/mol. The molecule has 6 nitrogen and oxygen atoms in total. The van der Waals surface area contributed by atoms with Crippen molar-refractivity contribution in [3.8, 4) is 17.6 Å². The highest BCUT2D eigenvalue weighted by Crippen LogP contribution is 2.28. The van der Waals surface area contributed by atoms with Gasteiger partial charge in [-0.2, -0.15) is 5.26 Å². The molecule has 0 aliphatic rings. The van der Waals surface area contributed by atoms with Crippen LogP contribution in [0.2, 0.25) is 0 Å². The van der Waals surface area contributed by atoms with Gasteiger partial charge in [-0.1, -0.05) is 18.2 Å². The number of aromatic hydroxyl groups is 1. The van der Waals surface area contributed by atoms with Crippen LogP contribution in [0.5, 0.6) is 11.5 Å². The van der Waals surface area contributed by atoms with Crippen molar-refractivity contribution in [2.75, 3.05) is 18.5 Å². The van der Waals surface area contributed by atoms with Crippen LogP contribution < -0.4 is 15.4 Å². The van der Waals surface area contributed by atoms with Gasteiger partial charge in [0, 0.05) is 18.6 Å². The molecule has 1 unspecified atom stereocenters. The van der Waals surface area contributed by atoms with Crippen molar-refractivity contribution < 1.29 is 14.9 Å². The van der Waals surface area contributed by atoms with Crippen molar-refractivity contribution in [2.24, 2.45) is 0 Å². The Hall–Kier alpha value is -2.75. The number of ether oxygens (including phenoxy) is 1. The number of phenolic OH excluding ortho intramolecular Hbond substituents is 1. The second-order valence-corrected chi connectivity index (χ2v) is 7.68. The van der Waals surface area contributed by atoms with Gasteiger partial charge in [-0.05, 0) is 56.2 Å². The van der Waals surface area contributed by atoms with E-state index < -0.39 is 6.10 Å². The van der Waals surface area contributed by atoms with E-state index in [2.05, 4.69) is 10.6 Å². The summed E-state index contributed by atoms with van der Waals surface area (Å²) in [6.45, 7) is 7.46. The summed E-state index contributed by atoms with van der Waals surface area (Å²) in [7, 11) is 0. The number of β-amino-alcohol motifs (C(OH)–C–C–N with tert-alkyl or cyclic N) is 1. The van der Waals surface area contributed by atoms with Crippen molar-refractivity contribution in [3.05, 3.63) is 53.6 Å². The number of nitriles is 1. The lowest BCUT2D eigenvalue weighted by molar-refractivity contribution is 0.163. The van der Waals surface area contributed by atoms with E-state index in [0.717, 1.165) is 16.9 Å². The van der Waals surface area contributed by atoms with E-state index in [0.29, 0.717) is 31.8 Å². The SMILES string of the molecule is CC(C)(C)NCC(O)c1ccc(O)c(NCc2ccc(OCCC#N)cc2)c1. The molecule has 28 heavy (non-hydrogen) atoms. The molecule has 6 heteroatoms. The first-order valence-electron chi connectivity index (χ1n) is 9.37. The highest BCUT2D eigenvalue weighted by molar-refractivity contribution is 5.58. The molecule has 0 heterocycles. The normalized spacial score (nSPS) is 12.2. The van der Waals surface area contributed by atoms with Crippen molar-refractivity contribution in [1.82, 2.24) is 5.32 Å². The van der Waals surface area contributed by atoms with Gasteiger partial charge in [0.15, 0.2) is 0 Å². The van der Waals surface area contributed by atoms with Gasteiger partial charge in [-0.15, -0.1) is 0 Å². The van der Waals surface area contributed by atoms with Gasteiger partial charge in [-0.3, -0.25) is 0 Å². The van der Waals surface area contributed by atoms with Gasteiger partial charge in [0.25, 0.3) is 0 Å². The molecule has 0 amide bonds. The minimum atomic E-state index is -0.662. The second-order valence-electron chi connectivity index (χ2n) is 7.68. The van der Waals surface area contributed by atoms with Crippen LogP contribution in [-0.2, 0) is 6.54 Å². The average Bonchev–Trinajstić information content (AvgIpc) is 2.66. The number of nitrogens with one attached hydrogen (secondary N) is 2. The van der Waals surface area contributed by atoms with Gasteiger partial charge in [0.1, 0.15) is 18.1 Å². The number of aliphatic hydroxyl groups is 1. The van der Waals surface area contributed by atoms with E-state index in [9.17, 15) is 10.2 Å². The maximum Gasteiger partial charge on any atom is 0.138 e. The highest BCUT2D eigenvalue weighted by Gasteiger charge is 2.15. The number of hydrogen-bond acceptors (Lipinski definition) is 6. The zero-order valence-electron chi connectivity index (χ0n) is 16.7. The van der Waals surface area contributed by atoms with Gasteiger partial charge < -0.3 is 25.6 Å². The molecular formula is C22H29N3O3. The maximum atomic E-state index is 10.4. The summed E-state index contributed by atoms with van der Waals surface area (Å²) in [6, 6.07) is 14.7. The Morgan fingerprint density at radius 1 is 1.14 bits per heavy atom. The first-order valence-corrected chi connectivity index (χ1v) is 9.37. The van der Waals surface area contributed by atoms with E-state index in [1.165, 1.54) is 0 Å². The molecule has 0 spiro atoms. The molecule has 0 bridgehead atoms. The third kappa shape index (κ3) is 7.10. The minimum absolute atomic E-state index is 0.0799. The molecule has 0 aliphatic heterocycles. The molecule has 150 valence electrons. The maximum absolute atomic E-state index is 10.4. The summed E-state index contributed by atoms with van der Waals surface area (Å²) in [5.74, 6) is 0.856. The molecule has 1 atom stereocenters. The van der Waals surface area contributed by atoms with Crippen molar-refractivity contribution >= 4 is 5.69 Å². The minimum Gasteiger partial charge on any atom is -0.506 e. The number of phenols is 1. The van der Waals surface area contributed by atoms with Crippen LogP contribution in [0.3, 0.4) is 0 Å². The Bertz CT molecular complexity index is 792. The molecule has 0 aliphatic carbocycles. The van der Waals surface area contributed by atoms with Crippen LogP contribution in [0.25, 0.3) is 0 Å². The Balaban J connectivity index is 1.95. The third-order valence-corrected chi connectivity index (χ3v) is 4.12. The van der Waals surface area contributed by atoms with Crippen molar-refractivity contribution in [2.45, 2.75) is 45.4 Å². The Morgan fingerprint density at radius 3 is 2.50 bits per heavy atom. The fourth-order valence-corrected chi connectivity index (χ4v) is 2.54. The van der Waals surface area contributed by atoms with Crippen LogP contribution in [-0.4, -0.2) is 28.9 Å². The largest absolute Gasteiger partial charge is 0.506 e. The number of anilines is 1. The lowest BCUT2D eigenvalue weighted by Gasteiger charge is -2.23. The lowest BCUT2D eigenvalue weighted by atomic mass is 10.1. The molecule has 0 fully saturated rings. The van der Waals surface area contributed by atoms with E-state index in [-0.39, 0.29) is 11.3 Å². The summed E-state index contributed by atoms with van der Waals surface area (Å²) in [4.78, 5) is 0. The van der Waals surface area contributed by atoms with Gasteiger partial charge in [-0.25, -0.2) is 0 Å². The van der Waals surface area contributed by atoms with E-state index >= 15 is 0 Å². The molecule has 0 saturated heterocycles. The third-order valence-electron chi connectivity index (χ3n) is 4.12. The summed E-state index contributed by atoms with van der Waals surface area (Å²) in [6.07, 6.45) is -0.305. The van der Waals surface area contributed by atoms with Crippen LogP contribution in [0.15, 0.2) is 42.5 Å². The molecule has 0 radical (unpaired) electrons. The van der Waals surface area contributed by atoms with Crippen LogP contribution in [0.1, 0.15) is 44.4 Å². The van der Waals surface area contributed by atoms with Crippen LogP contribution in [0, 0.1) is 11.3 Å².